The molecule has 1 atom stereocenters. The average Bonchev–Trinajstić information content (AvgIpc) is 2.04. The molecule has 0 saturated carbocycles. The molecule has 12 heavy (non-hydrogen) atoms. The smallest absolute Gasteiger partial charge is 0.310 e. The third-order valence-electron chi connectivity index (χ3n) is 1.74. The van der Waals surface area contributed by atoms with E-state index in [0.717, 1.165) is 10.0 Å². The topological polar surface area (TPSA) is 37.3 Å². The van der Waals surface area contributed by atoms with Crippen LogP contribution in [0.25, 0.3) is 0 Å². The predicted molar refractivity (Wildman–Crippen MR) is 50.2 cm³/mol. The first-order valence-corrected chi connectivity index (χ1v) is 4.39. The van der Waals surface area contributed by atoms with Gasteiger partial charge in [0.2, 0.25) is 0 Å². The molecule has 0 fully saturated rings. The highest BCUT2D eigenvalue weighted by Crippen LogP contribution is 2.24. The lowest BCUT2D eigenvalue weighted by Crippen LogP contribution is -2.07. The van der Waals surface area contributed by atoms with Gasteiger partial charge in [0.25, 0.3) is 0 Å². The van der Waals surface area contributed by atoms with Crippen molar-refractivity contribution < 1.29 is 9.90 Å². The van der Waals surface area contributed by atoms with Gasteiger partial charge in [-0.3, -0.25) is 4.79 Å². The number of aliphatic carboxylic acids is 1. The monoisotopic (exact) mass is 228 g/mol. The molecule has 0 bridgehead atoms. The van der Waals surface area contributed by atoms with Crippen molar-refractivity contribution in [2.24, 2.45) is 0 Å². The first-order chi connectivity index (χ1) is 5.63. The zero-order chi connectivity index (χ0) is 9.14. The molecule has 1 N–H and O–H groups in total. The Morgan fingerprint density at radius 3 is 2.58 bits per heavy atom. The van der Waals surface area contributed by atoms with E-state index in [1.54, 1.807) is 6.92 Å². The van der Waals surface area contributed by atoms with E-state index >= 15 is 0 Å². The molecule has 3 heteroatoms. The lowest BCUT2D eigenvalue weighted by molar-refractivity contribution is -0.138. The summed E-state index contributed by atoms with van der Waals surface area (Å²) in [5, 5.41) is 8.74. The minimum absolute atomic E-state index is 0.458. The van der Waals surface area contributed by atoms with Gasteiger partial charge >= 0.3 is 5.97 Å². The SMILES string of the molecule is C[C@@H](C(=O)O)c1ccccc1Br. The highest BCUT2D eigenvalue weighted by atomic mass is 79.9. The number of rotatable bonds is 2. The highest BCUT2D eigenvalue weighted by molar-refractivity contribution is 9.10. The zero-order valence-electron chi connectivity index (χ0n) is 6.62. The molecule has 64 valence electrons. The Morgan fingerprint density at radius 2 is 2.08 bits per heavy atom. The van der Waals surface area contributed by atoms with E-state index in [1.807, 2.05) is 24.3 Å². The van der Waals surface area contributed by atoms with E-state index in [9.17, 15) is 4.79 Å². The molecule has 2 nitrogen and oxygen atoms in total. The van der Waals surface area contributed by atoms with Crippen LogP contribution in [-0.4, -0.2) is 11.1 Å². The second kappa shape index (κ2) is 3.72. The second-order valence-corrected chi connectivity index (χ2v) is 3.44. The molecule has 0 aliphatic heterocycles. The van der Waals surface area contributed by atoms with Gasteiger partial charge in [-0.15, -0.1) is 0 Å². The lowest BCUT2D eigenvalue weighted by Gasteiger charge is -2.07. The molecule has 0 aliphatic rings. The third-order valence-corrected chi connectivity index (χ3v) is 2.46. The van der Waals surface area contributed by atoms with Gasteiger partial charge in [0.1, 0.15) is 0 Å². The quantitative estimate of drug-likeness (QED) is 0.846. The normalized spacial score (nSPS) is 12.5. The zero-order valence-corrected chi connectivity index (χ0v) is 8.21. The van der Waals surface area contributed by atoms with Gasteiger partial charge in [0.05, 0.1) is 5.92 Å². The summed E-state index contributed by atoms with van der Waals surface area (Å²) in [6.07, 6.45) is 0. The Kier molecular flexibility index (Phi) is 2.87. The minimum Gasteiger partial charge on any atom is -0.481 e. The van der Waals surface area contributed by atoms with Crippen LogP contribution in [0.15, 0.2) is 28.7 Å². The summed E-state index contributed by atoms with van der Waals surface area (Å²) in [6, 6.07) is 7.35. The van der Waals surface area contributed by atoms with Crippen LogP contribution in [0.1, 0.15) is 18.4 Å². The van der Waals surface area contributed by atoms with Crippen LogP contribution in [-0.2, 0) is 4.79 Å². The Balaban J connectivity index is 3.02. The van der Waals surface area contributed by atoms with Crippen LogP contribution in [0.5, 0.6) is 0 Å². The molecule has 0 spiro atoms. The molecule has 0 heterocycles. The minimum atomic E-state index is -0.804. The molecule has 0 radical (unpaired) electrons. The van der Waals surface area contributed by atoms with Crippen molar-refractivity contribution in [1.82, 2.24) is 0 Å². The fourth-order valence-corrected chi connectivity index (χ4v) is 1.59. The maximum Gasteiger partial charge on any atom is 0.310 e. The van der Waals surface area contributed by atoms with E-state index in [2.05, 4.69) is 15.9 Å². The van der Waals surface area contributed by atoms with Crippen LogP contribution >= 0.6 is 15.9 Å². The summed E-state index contributed by atoms with van der Waals surface area (Å²) in [5.74, 6) is -1.26. The van der Waals surface area contributed by atoms with Gasteiger partial charge in [-0.25, -0.2) is 0 Å². The molecule has 0 aliphatic carbocycles. The second-order valence-electron chi connectivity index (χ2n) is 2.58. The lowest BCUT2D eigenvalue weighted by atomic mass is 10.0. The number of carbonyl (C=O) groups is 1. The molecular weight excluding hydrogens is 220 g/mol. The maximum absolute atomic E-state index is 10.6. The van der Waals surface area contributed by atoms with Crippen molar-refractivity contribution in [2.75, 3.05) is 0 Å². The van der Waals surface area contributed by atoms with Crippen molar-refractivity contribution in [3.05, 3.63) is 34.3 Å². The molecule has 1 aromatic carbocycles. The Labute approximate surface area is 79.3 Å². The summed E-state index contributed by atoms with van der Waals surface area (Å²) in [6.45, 7) is 1.67. The molecule has 0 amide bonds. The van der Waals surface area contributed by atoms with Gasteiger partial charge in [0, 0.05) is 4.47 Å². The predicted octanol–water partition coefficient (Wildman–Crippen LogP) is 2.64. The summed E-state index contributed by atoms with van der Waals surface area (Å²) in [5.41, 5.74) is 0.810. The van der Waals surface area contributed by atoms with E-state index in [-0.39, 0.29) is 0 Å². The van der Waals surface area contributed by atoms with Crippen molar-refractivity contribution in [2.45, 2.75) is 12.8 Å². The van der Waals surface area contributed by atoms with Crippen molar-refractivity contribution >= 4 is 21.9 Å². The van der Waals surface area contributed by atoms with E-state index < -0.39 is 11.9 Å². The fraction of sp³-hybridized carbons (Fsp3) is 0.222. The molecule has 1 rings (SSSR count). The van der Waals surface area contributed by atoms with Crippen molar-refractivity contribution in [3.8, 4) is 0 Å². The fourth-order valence-electron chi connectivity index (χ4n) is 0.959. The number of hydrogen-bond acceptors (Lipinski definition) is 1. The van der Waals surface area contributed by atoms with E-state index in [0.29, 0.717) is 0 Å². The van der Waals surface area contributed by atoms with Gasteiger partial charge in [-0.2, -0.15) is 0 Å². The Morgan fingerprint density at radius 1 is 1.50 bits per heavy atom. The maximum atomic E-state index is 10.6. The van der Waals surface area contributed by atoms with E-state index in [1.165, 1.54) is 0 Å². The van der Waals surface area contributed by atoms with Crippen LogP contribution < -0.4 is 0 Å². The van der Waals surface area contributed by atoms with E-state index in [4.69, 9.17) is 5.11 Å². The van der Waals surface area contributed by atoms with Crippen LogP contribution in [0, 0.1) is 0 Å². The van der Waals surface area contributed by atoms with Gasteiger partial charge < -0.3 is 5.11 Å². The Hall–Kier alpha value is -0.830. The summed E-state index contributed by atoms with van der Waals surface area (Å²) >= 11 is 3.30. The summed E-state index contributed by atoms with van der Waals surface area (Å²) in [7, 11) is 0. The van der Waals surface area contributed by atoms with Gasteiger partial charge in [0.15, 0.2) is 0 Å². The molecule has 0 aromatic heterocycles. The number of carboxylic acids is 1. The summed E-state index contributed by atoms with van der Waals surface area (Å²) < 4.78 is 0.847. The first-order valence-electron chi connectivity index (χ1n) is 3.60. The molecule has 0 saturated heterocycles. The number of halogens is 1. The third kappa shape index (κ3) is 1.85. The van der Waals surface area contributed by atoms with Crippen LogP contribution in [0.3, 0.4) is 0 Å². The highest BCUT2D eigenvalue weighted by Gasteiger charge is 2.15. The first kappa shape index (κ1) is 9.26. The number of carboxylic acid groups (broad SMARTS) is 1. The van der Waals surface area contributed by atoms with Crippen molar-refractivity contribution in [3.63, 3.8) is 0 Å². The number of hydrogen-bond donors (Lipinski definition) is 1. The standard InChI is InChI=1S/C9H9BrO2/c1-6(9(11)12)7-4-2-3-5-8(7)10/h2-6H,1H3,(H,11,12)/t6-/m1/s1. The largest absolute Gasteiger partial charge is 0.481 e. The molecular formula is C9H9BrO2. The van der Waals surface area contributed by atoms with Crippen LogP contribution in [0.4, 0.5) is 0 Å². The average molecular weight is 229 g/mol. The van der Waals surface area contributed by atoms with Crippen LogP contribution in [0.2, 0.25) is 0 Å². The van der Waals surface area contributed by atoms with Gasteiger partial charge in [-0.05, 0) is 18.6 Å². The Bertz CT molecular complexity index is 296. The number of benzene rings is 1. The van der Waals surface area contributed by atoms with Crippen molar-refractivity contribution in [1.29, 1.82) is 0 Å². The summed E-state index contributed by atoms with van der Waals surface area (Å²) in [4.78, 5) is 10.6. The molecule has 0 unspecified atom stereocenters. The van der Waals surface area contributed by atoms with Gasteiger partial charge in [-0.1, -0.05) is 34.1 Å². The molecule has 1 aromatic rings.